The van der Waals surface area contributed by atoms with E-state index >= 15 is 0 Å². The fraction of sp³-hybridized carbons (Fsp3) is 0.538. The standard InChI is InChI=1S/C39H50N6O5S/c1-5-6-25-9-13-29(14-10-25)43-17-18-45(34(46)24-43)30-20-40-35(41-21-30)27-11-7-26(8-12-27)19-31(37(48)44-22-28(23-44)38(49)50)42-36(47)32-15-16-33(51-32)39(2,3)4/h7-8,11-12,15-16,20-21,25,28-29,31H,5-6,9-10,13-14,17-19,22-24H2,1-4H3,(H,42,47)(H,49,50)/t25-,29-,31?. The van der Waals surface area contributed by atoms with Gasteiger partial charge in [0.2, 0.25) is 11.8 Å². The number of carbonyl (C=O) groups is 4. The molecule has 2 saturated heterocycles. The van der Waals surface area contributed by atoms with Crippen LogP contribution in [0.3, 0.4) is 0 Å². The predicted molar refractivity (Wildman–Crippen MR) is 198 cm³/mol. The van der Waals surface area contributed by atoms with E-state index < -0.39 is 17.9 Å². The number of nitrogens with zero attached hydrogens (tertiary/aromatic N) is 5. The van der Waals surface area contributed by atoms with Crippen LogP contribution in [0.1, 0.15) is 86.3 Å². The Kier molecular flexibility index (Phi) is 11.2. The summed E-state index contributed by atoms with van der Waals surface area (Å²) in [6, 6.07) is 10.9. The molecule has 11 nitrogen and oxygen atoms in total. The lowest BCUT2D eigenvalue weighted by Gasteiger charge is -2.41. The van der Waals surface area contributed by atoms with Gasteiger partial charge in [-0.1, -0.05) is 64.8 Å². The van der Waals surface area contributed by atoms with Crippen molar-refractivity contribution in [1.82, 2.24) is 25.1 Å². The summed E-state index contributed by atoms with van der Waals surface area (Å²) >= 11 is 1.40. The van der Waals surface area contributed by atoms with Crippen molar-refractivity contribution in [3.8, 4) is 11.4 Å². The molecule has 3 amide bonds. The van der Waals surface area contributed by atoms with Crippen molar-refractivity contribution in [2.24, 2.45) is 11.8 Å². The number of rotatable bonds is 11. The highest BCUT2D eigenvalue weighted by atomic mass is 32.1. The summed E-state index contributed by atoms with van der Waals surface area (Å²) in [6.45, 7) is 10.7. The number of hydrogen-bond acceptors (Lipinski definition) is 8. The third-order valence-electron chi connectivity index (χ3n) is 10.6. The van der Waals surface area contributed by atoms with Gasteiger partial charge >= 0.3 is 5.97 Å². The van der Waals surface area contributed by atoms with Crippen LogP contribution in [0, 0.1) is 11.8 Å². The number of nitrogens with one attached hydrogen (secondary N) is 1. The van der Waals surface area contributed by atoms with E-state index in [0.717, 1.165) is 28.5 Å². The maximum atomic E-state index is 13.5. The number of hydrogen-bond donors (Lipinski definition) is 2. The van der Waals surface area contributed by atoms with Gasteiger partial charge in [-0.3, -0.25) is 24.1 Å². The summed E-state index contributed by atoms with van der Waals surface area (Å²) < 4.78 is 0. The van der Waals surface area contributed by atoms with E-state index in [9.17, 15) is 24.3 Å². The number of amides is 3. The Morgan fingerprint density at radius 3 is 2.25 bits per heavy atom. The molecule has 3 fully saturated rings. The highest BCUT2D eigenvalue weighted by Crippen LogP contribution is 2.32. The van der Waals surface area contributed by atoms with Crippen LogP contribution in [0.5, 0.6) is 0 Å². The fourth-order valence-electron chi connectivity index (χ4n) is 7.45. The van der Waals surface area contributed by atoms with Crippen LogP contribution in [0.15, 0.2) is 48.8 Å². The molecule has 2 N–H and O–H groups in total. The number of carboxylic acid groups (broad SMARTS) is 1. The van der Waals surface area contributed by atoms with Crippen LogP contribution < -0.4 is 10.2 Å². The minimum atomic E-state index is -0.928. The number of likely N-dealkylation sites (tertiary alicyclic amines) is 1. The van der Waals surface area contributed by atoms with Gasteiger partial charge in [-0.25, -0.2) is 9.97 Å². The predicted octanol–water partition coefficient (Wildman–Crippen LogP) is 5.39. The Labute approximate surface area is 304 Å². The molecule has 0 bridgehead atoms. The largest absolute Gasteiger partial charge is 0.481 e. The number of carbonyl (C=O) groups excluding carboxylic acids is 3. The van der Waals surface area contributed by atoms with Crippen LogP contribution in [-0.4, -0.2) is 93.4 Å². The number of anilines is 1. The molecule has 1 aliphatic carbocycles. The van der Waals surface area contributed by atoms with Crippen molar-refractivity contribution in [2.45, 2.75) is 90.1 Å². The first-order valence-corrected chi connectivity index (χ1v) is 19.1. The van der Waals surface area contributed by atoms with Crippen molar-refractivity contribution in [3.05, 3.63) is 64.1 Å². The summed E-state index contributed by atoms with van der Waals surface area (Å²) in [7, 11) is 0. The monoisotopic (exact) mass is 714 g/mol. The second-order valence-corrected chi connectivity index (χ2v) is 16.4. The molecule has 0 spiro atoms. The lowest BCUT2D eigenvalue weighted by atomic mass is 9.83. The summed E-state index contributed by atoms with van der Waals surface area (Å²) in [4.78, 5) is 67.8. The smallest absolute Gasteiger partial charge is 0.310 e. The van der Waals surface area contributed by atoms with Crippen molar-refractivity contribution in [3.63, 3.8) is 0 Å². The van der Waals surface area contributed by atoms with E-state index in [2.05, 4.69) is 47.9 Å². The molecule has 1 saturated carbocycles. The molecule has 3 aliphatic rings. The molecule has 12 heteroatoms. The lowest BCUT2D eigenvalue weighted by Crippen LogP contribution is -2.59. The zero-order valence-corrected chi connectivity index (χ0v) is 31.0. The van der Waals surface area contributed by atoms with E-state index in [1.807, 2.05) is 30.3 Å². The van der Waals surface area contributed by atoms with Crippen LogP contribution in [0.4, 0.5) is 5.69 Å². The van der Waals surface area contributed by atoms with Crippen molar-refractivity contribution in [1.29, 1.82) is 0 Å². The number of thiophene rings is 1. The van der Waals surface area contributed by atoms with Crippen LogP contribution in [0.2, 0.25) is 0 Å². The molecular formula is C39H50N6O5S. The summed E-state index contributed by atoms with van der Waals surface area (Å²) in [6.07, 6.45) is 11.1. The Hall–Kier alpha value is -4.16. The van der Waals surface area contributed by atoms with Gasteiger partial charge < -0.3 is 20.2 Å². The van der Waals surface area contributed by atoms with E-state index in [0.29, 0.717) is 35.5 Å². The molecule has 1 aromatic carbocycles. The van der Waals surface area contributed by atoms with Crippen LogP contribution in [0.25, 0.3) is 11.4 Å². The van der Waals surface area contributed by atoms with Gasteiger partial charge in [0.1, 0.15) is 6.04 Å². The third-order valence-corrected chi connectivity index (χ3v) is 12.1. The average molecular weight is 715 g/mol. The SMILES string of the molecule is CCC[C@H]1CC[C@H](N2CCN(c3cnc(-c4ccc(CC(NC(=O)c5ccc(C(C)(C)C)s5)C(=O)N5CC(C(=O)O)C5)cc4)nc3)C(=O)C2)CC1. The number of benzene rings is 1. The van der Waals surface area contributed by atoms with Gasteiger partial charge in [0.25, 0.3) is 5.91 Å². The van der Waals surface area contributed by atoms with Crippen LogP contribution in [-0.2, 0) is 26.2 Å². The number of carboxylic acids is 1. The molecule has 2 aromatic heterocycles. The molecular weight excluding hydrogens is 665 g/mol. The molecule has 51 heavy (non-hydrogen) atoms. The number of piperazine rings is 1. The maximum Gasteiger partial charge on any atom is 0.310 e. The number of aromatic nitrogens is 2. The summed E-state index contributed by atoms with van der Waals surface area (Å²) in [5.41, 5.74) is 2.20. The maximum absolute atomic E-state index is 13.5. The zero-order valence-electron chi connectivity index (χ0n) is 30.1. The molecule has 2 aliphatic heterocycles. The summed E-state index contributed by atoms with van der Waals surface area (Å²) in [5.74, 6) is -0.704. The normalized spacial score (nSPS) is 20.9. The van der Waals surface area contributed by atoms with Gasteiger partial charge in [-0.05, 0) is 54.7 Å². The lowest BCUT2D eigenvalue weighted by molar-refractivity contribution is -0.153. The Balaban J connectivity index is 1.08. The highest BCUT2D eigenvalue weighted by molar-refractivity contribution is 7.14. The van der Waals surface area contributed by atoms with Crippen molar-refractivity contribution < 1.29 is 24.3 Å². The van der Waals surface area contributed by atoms with E-state index in [1.54, 1.807) is 23.4 Å². The van der Waals surface area contributed by atoms with E-state index in [-0.39, 0.29) is 42.6 Å². The molecule has 272 valence electrons. The minimum absolute atomic E-state index is 0.0826. The van der Waals surface area contributed by atoms with Crippen LogP contribution >= 0.6 is 11.3 Å². The fourth-order valence-corrected chi connectivity index (χ4v) is 8.41. The Morgan fingerprint density at radius 2 is 1.67 bits per heavy atom. The summed E-state index contributed by atoms with van der Waals surface area (Å²) in [5, 5.41) is 12.2. The quantitative estimate of drug-likeness (QED) is 0.270. The molecule has 1 unspecified atom stereocenters. The molecule has 6 rings (SSSR count). The molecule has 0 radical (unpaired) electrons. The van der Waals surface area contributed by atoms with E-state index in [1.165, 1.54) is 54.8 Å². The third kappa shape index (κ3) is 8.66. The van der Waals surface area contributed by atoms with E-state index in [4.69, 9.17) is 0 Å². The highest BCUT2D eigenvalue weighted by Gasteiger charge is 2.39. The second-order valence-electron chi connectivity index (χ2n) is 15.4. The molecule has 1 atom stereocenters. The first-order chi connectivity index (χ1) is 24.4. The van der Waals surface area contributed by atoms with Crippen molar-refractivity contribution in [2.75, 3.05) is 37.6 Å². The van der Waals surface area contributed by atoms with Gasteiger partial charge in [0.15, 0.2) is 5.82 Å². The molecule has 3 aromatic rings. The van der Waals surface area contributed by atoms with Gasteiger partial charge in [-0.2, -0.15) is 0 Å². The van der Waals surface area contributed by atoms with Crippen molar-refractivity contribution >= 4 is 40.7 Å². The first kappa shape index (κ1) is 36.6. The zero-order chi connectivity index (χ0) is 36.3. The molecule has 4 heterocycles. The Morgan fingerprint density at radius 1 is 0.980 bits per heavy atom. The topological polar surface area (TPSA) is 136 Å². The number of aliphatic carboxylic acids is 1. The average Bonchev–Trinajstić information content (AvgIpc) is 3.60. The van der Waals surface area contributed by atoms with Gasteiger partial charge in [0, 0.05) is 49.1 Å². The first-order valence-electron chi connectivity index (χ1n) is 18.3. The minimum Gasteiger partial charge on any atom is -0.481 e. The second kappa shape index (κ2) is 15.6. The Bertz CT molecular complexity index is 1700. The van der Waals surface area contributed by atoms with Gasteiger partial charge in [0.05, 0.1) is 35.4 Å². The van der Waals surface area contributed by atoms with Gasteiger partial charge in [-0.15, -0.1) is 11.3 Å².